The molecule has 3 N–H and O–H groups in total. The highest BCUT2D eigenvalue weighted by atomic mass is 35.5. The maximum atomic E-state index is 12.8. The van der Waals surface area contributed by atoms with Crippen molar-refractivity contribution >= 4 is 24.0 Å². The maximum Gasteiger partial charge on any atom is 0.232 e. The second kappa shape index (κ2) is 10.3. The Kier molecular flexibility index (Phi) is 8.35. The fourth-order valence-electron chi connectivity index (χ4n) is 3.50. The lowest BCUT2D eigenvalue weighted by Crippen LogP contribution is -2.46. The van der Waals surface area contributed by atoms with Crippen molar-refractivity contribution in [1.29, 1.82) is 0 Å². The lowest BCUT2D eigenvalue weighted by atomic mass is 9.79. The number of nitrogens with one attached hydrogen (secondary N) is 1. The van der Waals surface area contributed by atoms with Crippen molar-refractivity contribution in [1.82, 2.24) is 0 Å². The van der Waals surface area contributed by atoms with Crippen molar-refractivity contribution in [2.75, 3.05) is 44.9 Å². The minimum absolute atomic E-state index is 0. The third kappa shape index (κ3) is 5.57. The second-order valence-electron chi connectivity index (χ2n) is 7.40. The summed E-state index contributed by atoms with van der Waals surface area (Å²) >= 11 is 0. The van der Waals surface area contributed by atoms with Crippen LogP contribution in [0.25, 0.3) is 0 Å². The van der Waals surface area contributed by atoms with Crippen LogP contribution >= 0.6 is 12.4 Å². The predicted octanol–water partition coefficient (Wildman–Crippen LogP) is 2.92. The van der Waals surface area contributed by atoms with E-state index in [1.807, 2.05) is 25.1 Å². The molecule has 2 saturated heterocycles. The van der Waals surface area contributed by atoms with Crippen LogP contribution < -0.4 is 15.8 Å². The van der Waals surface area contributed by atoms with Crippen molar-refractivity contribution in [2.24, 2.45) is 17.1 Å². The Morgan fingerprint density at radius 3 is 2.56 bits per heavy atom. The quantitative estimate of drug-likeness (QED) is 0.769. The molecule has 2 aliphatic heterocycles. The predicted molar refractivity (Wildman–Crippen MR) is 108 cm³/mol. The van der Waals surface area contributed by atoms with Crippen molar-refractivity contribution in [3.63, 3.8) is 0 Å². The molecular formula is C20H31ClN2O4. The number of carbonyl (C=O) groups is 1. The average molecular weight is 399 g/mol. The fourth-order valence-corrected chi connectivity index (χ4v) is 3.50. The van der Waals surface area contributed by atoms with E-state index in [9.17, 15) is 4.79 Å². The van der Waals surface area contributed by atoms with Crippen LogP contribution in [0.4, 0.5) is 5.69 Å². The molecule has 6 nitrogen and oxygen atoms in total. The second-order valence-corrected chi connectivity index (χ2v) is 7.40. The Labute approximate surface area is 167 Å². The first kappa shape index (κ1) is 22.0. The topological polar surface area (TPSA) is 82.8 Å². The average Bonchev–Trinajstić information content (AvgIpc) is 2.69. The lowest BCUT2D eigenvalue weighted by Gasteiger charge is -2.34. The fraction of sp³-hybridized carbons (Fsp3) is 0.650. The minimum Gasteiger partial charge on any atom is -0.493 e. The Morgan fingerprint density at radius 1 is 1.22 bits per heavy atom. The van der Waals surface area contributed by atoms with E-state index in [1.165, 1.54) is 0 Å². The number of nitrogens with two attached hydrogens (primary N) is 1. The summed E-state index contributed by atoms with van der Waals surface area (Å²) < 4.78 is 16.8. The third-order valence-corrected chi connectivity index (χ3v) is 5.58. The molecule has 7 heteroatoms. The van der Waals surface area contributed by atoms with E-state index in [1.54, 1.807) is 0 Å². The number of anilines is 1. The number of halogens is 1. The molecule has 0 aromatic heterocycles. The van der Waals surface area contributed by atoms with E-state index in [0.717, 1.165) is 43.1 Å². The number of hydrogen-bond acceptors (Lipinski definition) is 5. The van der Waals surface area contributed by atoms with Gasteiger partial charge in [-0.3, -0.25) is 4.79 Å². The van der Waals surface area contributed by atoms with Gasteiger partial charge in [0.2, 0.25) is 5.91 Å². The smallest absolute Gasteiger partial charge is 0.232 e. The zero-order chi connectivity index (χ0) is 18.4. The normalized spacial score (nSPS) is 19.8. The molecule has 2 aliphatic rings. The van der Waals surface area contributed by atoms with Crippen LogP contribution in [0.1, 0.15) is 31.2 Å². The highest BCUT2D eigenvalue weighted by Gasteiger charge is 2.38. The molecule has 0 unspecified atom stereocenters. The summed E-state index contributed by atoms with van der Waals surface area (Å²) in [6.07, 6.45) is 3.40. The molecule has 2 heterocycles. The maximum absolute atomic E-state index is 12.8. The molecule has 0 spiro atoms. The molecule has 0 saturated carbocycles. The summed E-state index contributed by atoms with van der Waals surface area (Å²) in [6.45, 7) is 5.83. The molecule has 3 rings (SSSR count). The van der Waals surface area contributed by atoms with Gasteiger partial charge in [-0.2, -0.15) is 0 Å². The molecule has 0 atom stereocenters. The van der Waals surface area contributed by atoms with Crippen LogP contribution in [0.3, 0.4) is 0 Å². The van der Waals surface area contributed by atoms with Gasteiger partial charge in [0.25, 0.3) is 0 Å². The first-order valence-electron chi connectivity index (χ1n) is 9.53. The SMILES string of the molecule is Cc1ccc(NC(=O)C2(CN)CCOCC2)cc1OCC1CCOCC1.Cl. The Morgan fingerprint density at radius 2 is 1.89 bits per heavy atom. The lowest BCUT2D eigenvalue weighted by molar-refractivity contribution is -0.130. The molecule has 0 aliphatic carbocycles. The number of ether oxygens (including phenoxy) is 3. The molecule has 0 bridgehead atoms. The van der Waals surface area contributed by atoms with Gasteiger partial charge in [-0.05, 0) is 50.2 Å². The van der Waals surface area contributed by atoms with E-state index in [4.69, 9.17) is 19.9 Å². The van der Waals surface area contributed by atoms with Crippen molar-refractivity contribution in [3.05, 3.63) is 23.8 Å². The first-order valence-corrected chi connectivity index (χ1v) is 9.53. The Balaban J connectivity index is 0.00000261. The van der Waals surface area contributed by atoms with Gasteiger partial charge < -0.3 is 25.3 Å². The molecular weight excluding hydrogens is 368 g/mol. The first-order chi connectivity index (χ1) is 12.6. The molecule has 152 valence electrons. The van der Waals surface area contributed by atoms with Crippen LogP contribution in [-0.4, -0.2) is 45.5 Å². The van der Waals surface area contributed by atoms with Crippen molar-refractivity contribution in [3.8, 4) is 5.75 Å². The number of rotatable bonds is 6. The largest absolute Gasteiger partial charge is 0.493 e. The van der Waals surface area contributed by atoms with Crippen LogP contribution in [0.5, 0.6) is 5.75 Å². The number of benzene rings is 1. The summed E-state index contributed by atoms with van der Waals surface area (Å²) in [4.78, 5) is 12.8. The van der Waals surface area contributed by atoms with Crippen molar-refractivity contribution in [2.45, 2.75) is 32.6 Å². The Hall–Kier alpha value is -1.34. The van der Waals surface area contributed by atoms with Gasteiger partial charge in [0.05, 0.1) is 12.0 Å². The summed E-state index contributed by atoms with van der Waals surface area (Å²) in [7, 11) is 0. The van der Waals surface area contributed by atoms with E-state index in [0.29, 0.717) is 45.1 Å². The van der Waals surface area contributed by atoms with E-state index in [-0.39, 0.29) is 18.3 Å². The highest BCUT2D eigenvalue weighted by molar-refractivity contribution is 5.95. The molecule has 1 aromatic rings. The van der Waals surface area contributed by atoms with E-state index >= 15 is 0 Å². The van der Waals surface area contributed by atoms with Gasteiger partial charge in [0.15, 0.2) is 0 Å². The zero-order valence-corrected chi connectivity index (χ0v) is 16.8. The summed E-state index contributed by atoms with van der Waals surface area (Å²) in [5, 5.41) is 3.03. The number of carbonyl (C=O) groups excluding carboxylic acids is 1. The summed E-state index contributed by atoms with van der Waals surface area (Å²) in [5.74, 6) is 1.33. The van der Waals surface area contributed by atoms with Crippen LogP contribution in [0.15, 0.2) is 18.2 Å². The van der Waals surface area contributed by atoms with Gasteiger partial charge >= 0.3 is 0 Å². The van der Waals surface area contributed by atoms with E-state index in [2.05, 4.69) is 5.32 Å². The standard InChI is InChI=1S/C20H30N2O4.ClH/c1-15-2-3-17(12-18(15)26-13-16-4-8-24-9-5-16)22-19(23)20(14-21)6-10-25-11-7-20;/h2-3,12,16H,4-11,13-14,21H2,1H3,(H,22,23);1H. The zero-order valence-electron chi connectivity index (χ0n) is 16.0. The number of hydrogen-bond donors (Lipinski definition) is 2. The molecule has 1 aromatic carbocycles. The van der Waals surface area contributed by atoms with Gasteiger partial charge in [-0.15, -0.1) is 12.4 Å². The molecule has 0 radical (unpaired) electrons. The van der Waals surface area contributed by atoms with Crippen LogP contribution in [0.2, 0.25) is 0 Å². The third-order valence-electron chi connectivity index (χ3n) is 5.58. The van der Waals surface area contributed by atoms with Gasteiger partial charge in [-0.25, -0.2) is 0 Å². The van der Waals surface area contributed by atoms with Gasteiger partial charge in [0, 0.05) is 44.7 Å². The Bertz CT molecular complexity index is 614. The van der Waals surface area contributed by atoms with Crippen LogP contribution in [-0.2, 0) is 14.3 Å². The van der Waals surface area contributed by atoms with E-state index < -0.39 is 5.41 Å². The summed E-state index contributed by atoms with van der Waals surface area (Å²) in [6, 6.07) is 5.81. The molecule has 27 heavy (non-hydrogen) atoms. The van der Waals surface area contributed by atoms with Crippen LogP contribution in [0, 0.1) is 18.3 Å². The van der Waals surface area contributed by atoms with Gasteiger partial charge in [-0.1, -0.05) is 6.07 Å². The summed E-state index contributed by atoms with van der Waals surface area (Å²) in [5.41, 5.74) is 7.21. The monoisotopic (exact) mass is 398 g/mol. The number of aryl methyl sites for hydroxylation is 1. The number of amides is 1. The van der Waals surface area contributed by atoms with Gasteiger partial charge in [0.1, 0.15) is 5.75 Å². The van der Waals surface area contributed by atoms with Crippen molar-refractivity contribution < 1.29 is 19.0 Å². The molecule has 2 fully saturated rings. The minimum atomic E-state index is -0.535. The molecule has 1 amide bonds. The highest BCUT2D eigenvalue weighted by Crippen LogP contribution is 2.32.